The Bertz CT molecular complexity index is 1450. The number of nitrogens with zero attached hydrogens (tertiary/aromatic N) is 1. The van der Waals surface area contributed by atoms with Crippen molar-refractivity contribution in [3.63, 3.8) is 0 Å². The van der Waals surface area contributed by atoms with Crippen molar-refractivity contribution >= 4 is 17.7 Å². The monoisotopic (exact) mass is 682 g/mol. The zero-order valence-corrected chi connectivity index (χ0v) is 28.9. The number of aryl methyl sites for hydroxylation is 2. The van der Waals surface area contributed by atoms with Crippen LogP contribution < -0.4 is 20.7 Å². The van der Waals surface area contributed by atoms with Gasteiger partial charge in [0.1, 0.15) is 35.3 Å². The minimum atomic E-state index is -0.661. The number of methoxy groups -OCH3 is 1. The Kier molecular flexibility index (Phi) is 16.1. The van der Waals surface area contributed by atoms with Crippen LogP contribution in [-0.4, -0.2) is 61.4 Å². The highest BCUT2D eigenvalue weighted by atomic mass is 19.1. The highest BCUT2D eigenvalue weighted by molar-refractivity contribution is 5.93. The molecule has 0 bridgehead atoms. The van der Waals surface area contributed by atoms with Crippen LogP contribution >= 0.6 is 0 Å². The largest absolute Gasteiger partial charge is 0.497 e. The maximum atomic E-state index is 13.3. The van der Waals surface area contributed by atoms with E-state index in [4.69, 9.17) is 4.74 Å². The Morgan fingerprint density at radius 2 is 1.59 bits per heavy atom. The Hall–Kier alpha value is -4.38. The van der Waals surface area contributed by atoms with Gasteiger partial charge in [-0.1, -0.05) is 44.0 Å². The summed E-state index contributed by atoms with van der Waals surface area (Å²) in [5, 5.41) is 8.97. The Balaban J connectivity index is 0.000000413. The number of carbonyl (C=O) groups excluding carboxylic acids is 3. The fraction of sp³-hybridized carbons (Fsp3) is 0.447. The summed E-state index contributed by atoms with van der Waals surface area (Å²) in [6.07, 6.45) is 5.09. The van der Waals surface area contributed by atoms with Crippen LogP contribution in [0, 0.1) is 30.3 Å². The lowest BCUT2D eigenvalue weighted by atomic mass is 10.0. The van der Waals surface area contributed by atoms with E-state index in [1.807, 2.05) is 24.3 Å². The van der Waals surface area contributed by atoms with Crippen LogP contribution in [-0.2, 0) is 27.3 Å². The van der Waals surface area contributed by atoms with Gasteiger partial charge in [0.15, 0.2) is 0 Å². The molecule has 2 unspecified atom stereocenters. The second-order valence-electron chi connectivity index (χ2n) is 12.6. The van der Waals surface area contributed by atoms with Crippen molar-refractivity contribution in [1.29, 1.82) is 0 Å². The molecule has 2 atom stereocenters. The molecule has 1 aliphatic carbocycles. The number of amides is 3. The molecular formula is C38H49F3N4O4. The maximum absolute atomic E-state index is 13.3. The Morgan fingerprint density at radius 1 is 0.918 bits per heavy atom. The van der Waals surface area contributed by atoms with E-state index in [0.29, 0.717) is 51.0 Å². The van der Waals surface area contributed by atoms with E-state index < -0.39 is 23.7 Å². The van der Waals surface area contributed by atoms with Crippen LogP contribution in [0.5, 0.6) is 5.75 Å². The molecule has 0 aromatic heterocycles. The van der Waals surface area contributed by atoms with E-state index in [2.05, 4.69) is 22.9 Å². The third-order valence-electron chi connectivity index (χ3n) is 8.08. The first kappa shape index (κ1) is 39.1. The maximum Gasteiger partial charge on any atom is 0.245 e. The summed E-state index contributed by atoms with van der Waals surface area (Å²) in [4.78, 5) is 39.0. The molecule has 3 amide bonds. The van der Waals surface area contributed by atoms with Crippen molar-refractivity contribution in [3.05, 3.63) is 101 Å². The van der Waals surface area contributed by atoms with Gasteiger partial charge < -0.3 is 25.6 Å². The molecule has 5 rings (SSSR count). The lowest BCUT2D eigenvalue weighted by molar-refractivity contribution is -0.139. The van der Waals surface area contributed by atoms with Crippen LogP contribution in [0.3, 0.4) is 0 Å². The normalized spacial score (nSPS) is 15.7. The van der Waals surface area contributed by atoms with Crippen LogP contribution in [0.25, 0.3) is 0 Å². The van der Waals surface area contributed by atoms with Gasteiger partial charge in [0, 0.05) is 32.6 Å². The van der Waals surface area contributed by atoms with Crippen molar-refractivity contribution in [2.45, 2.75) is 77.9 Å². The van der Waals surface area contributed by atoms with Gasteiger partial charge in [-0.15, -0.1) is 0 Å². The van der Waals surface area contributed by atoms with Gasteiger partial charge in [0.05, 0.1) is 7.11 Å². The minimum absolute atomic E-state index is 0.221. The molecule has 2 fully saturated rings. The van der Waals surface area contributed by atoms with Gasteiger partial charge in [-0.05, 0) is 98.2 Å². The molecule has 1 aliphatic heterocycles. The van der Waals surface area contributed by atoms with Gasteiger partial charge in [-0.25, -0.2) is 13.2 Å². The van der Waals surface area contributed by atoms with E-state index in [0.717, 1.165) is 35.3 Å². The number of likely N-dealkylation sites (tertiary alicyclic amines) is 1. The van der Waals surface area contributed by atoms with Crippen LogP contribution in [0.2, 0.25) is 0 Å². The second kappa shape index (κ2) is 20.2. The van der Waals surface area contributed by atoms with Crippen LogP contribution in [0.4, 0.5) is 13.2 Å². The van der Waals surface area contributed by atoms with Crippen molar-refractivity contribution in [2.75, 3.05) is 26.7 Å². The summed E-state index contributed by atoms with van der Waals surface area (Å²) >= 11 is 0. The molecule has 3 N–H and O–H groups in total. The third kappa shape index (κ3) is 14.7. The first-order chi connectivity index (χ1) is 23.4. The number of carbonyl (C=O) groups is 3. The van der Waals surface area contributed by atoms with Gasteiger partial charge in [-0.2, -0.15) is 0 Å². The molecule has 266 valence electrons. The molecule has 2 aliphatic rings. The zero-order chi connectivity index (χ0) is 35.8. The summed E-state index contributed by atoms with van der Waals surface area (Å²) < 4.78 is 42.9. The summed E-state index contributed by atoms with van der Waals surface area (Å²) in [7, 11) is 1.64. The highest BCUT2D eigenvalue weighted by Crippen LogP contribution is 2.26. The van der Waals surface area contributed by atoms with Gasteiger partial charge in [-0.3, -0.25) is 14.4 Å². The van der Waals surface area contributed by atoms with E-state index in [-0.39, 0.29) is 23.5 Å². The molecule has 11 heteroatoms. The fourth-order valence-corrected chi connectivity index (χ4v) is 5.19. The molecule has 3 aromatic carbocycles. The van der Waals surface area contributed by atoms with E-state index in [1.54, 1.807) is 31.1 Å². The van der Waals surface area contributed by atoms with Crippen LogP contribution in [0.15, 0.2) is 66.7 Å². The molecule has 1 saturated carbocycles. The third-order valence-corrected chi connectivity index (χ3v) is 8.08. The molecule has 3 aromatic rings. The Labute approximate surface area is 287 Å². The lowest BCUT2D eigenvalue weighted by Gasteiger charge is -2.27. The number of hydrogen-bond donors (Lipinski definition) is 3. The number of nitrogens with one attached hydrogen (secondary N) is 3. The highest BCUT2D eigenvalue weighted by Gasteiger charge is 2.39. The molecule has 0 radical (unpaired) electrons. The van der Waals surface area contributed by atoms with E-state index in [9.17, 15) is 27.6 Å². The van der Waals surface area contributed by atoms with Crippen molar-refractivity contribution in [1.82, 2.24) is 20.9 Å². The predicted octanol–water partition coefficient (Wildman–Crippen LogP) is 5.86. The number of halogens is 3. The standard InChI is InChI=1S/C27H35FN4O4.C7H6F2.C4H8/c1-19(33)31-24-13-16-32(27(24)35)25(12-9-20-7-10-22(28)11-8-20)26(34)30-15-4-14-29-18-21-5-3-6-23(17-21)36-2;1-5-2-6(8)4-7(9)3-5;1-4-2-3-4/h3,5-8,10-11,17,24-25,29H,4,9,12-16,18H2,1-2H3,(H,30,34)(H,31,33);2-4H,1H3;4H,2-3H2,1H3. The molecule has 1 saturated heterocycles. The summed E-state index contributed by atoms with van der Waals surface area (Å²) in [6.45, 7) is 7.56. The average Bonchev–Trinajstić information content (AvgIpc) is 3.77. The van der Waals surface area contributed by atoms with Crippen molar-refractivity contribution in [3.8, 4) is 5.75 Å². The number of ether oxygens (including phenoxy) is 1. The van der Waals surface area contributed by atoms with Crippen molar-refractivity contribution < 1.29 is 32.3 Å². The molecule has 1 heterocycles. The summed E-state index contributed by atoms with van der Waals surface area (Å²) in [5.74, 6) is -0.207. The van der Waals surface area contributed by atoms with Gasteiger partial charge >= 0.3 is 0 Å². The number of hydrogen-bond acceptors (Lipinski definition) is 5. The van der Waals surface area contributed by atoms with Crippen LogP contribution in [0.1, 0.15) is 62.6 Å². The smallest absolute Gasteiger partial charge is 0.245 e. The van der Waals surface area contributed by atoms with E-state index >= 15 is 0 Å². The van der Waals surface area contributed by atoms with Gasteiger partial charge in [0.25, 0.3) is 0 Å². The first-order valence-electron chi connectivity index (χ1n) is 16.8. The first-order valence-corrected chi connectivity index (χ1v) is 16.8. The fourth-order valence-electron chi connectivity index (χ4n) is 5.19. The predicted molar refractivity (Wildman–Crippen MR) is 184 cm³/mol. The molecule has 49 heavy (non-hydrogen) atoms. The summed E-state index contributed by atoms with van der Waals surface area (Å²) in [6, 6.07) is 16.1. The quantitative estimate of drug-likeness (QED) is 0.196. The summed E-state index contributed by atoms with van der Waals surface area (Å²) in [5.41, 5.74) is 2.61. The average molecular weight is 683 g/mol. The molecular weight excluding hydrogens is 633 g/mol. The minimum Gasteiger partial charge on any atom is -0.497 e. The molecule has 8 nitrogen and oxygen atoms in total. The molecule has 0 spiro atoms. The lowest BCUT2D eigenvalue weighted by Crippen LogP contribution is -2.50. The number of benzene rings is 3. The number of rotatable bonds is 13. The Morgan fingerprint density at radius 3 is 2.18 bits per heavy atom. The van der Waals surface area contributed by atoms with Crippen molar-refractivity contribution in [2.24, 2.45) is 5.92 Å². The van der Waals surface area contributed by atoms with Gasteiger partial charge in [0.2, 0.25) is 17.7 Å². The van der Waals surface area contributed by atoms with E-state index in [1.165, 1.54) is 44.0 Å². The zero-order valence-electron chi connectivity index (χ0n) is 28.9. The SMILES string of the molecule is CC1CC1.COc1cccc(CNCCCNC(=O)C(CCc2ccc(F)cc2)N2CCC(NC(C)=O)C2=O)c1.Cc1cc(F)cc(F)c1. The second-order valence-corrected chi connectivity index (χ2v) is 12.6. The topological polar surface area (TPSA) is 99.8 Å².